The van der Waals surface area contributed by atoms with E-state index in [-0.39, 0.29) is 12.3 Å². The molecular formula is C18H19N3O4. The molecule has 0 bridgehead atoms. The zero-order valence-electron chi connectivity index (χ0n) is 14.3. The average molecular weight is 341 g/mol. The van der Waals surface area contributed by atoms with Crippen molar-refractivity contribution < 1.29 is 14.5 Å². The van der Waals surface area contributed by atoms with Crippen LogP contribution in [-0.4, -0.2) is 23.7 Å². The fourth-order valence-electron chi connectivity index (χ4n) is 2.43. The molecule has 1 amide bonds. The number of rotatable bonds is 6. The van der Waals surface area contributed by atoms with E-state index in [9.17, 15) is 14.9 Å². The molecule has 25 heavy (non-hydrogen) atoms. The number of benzene rings is 2. The van der Waals surface area contributed by atoms with Gasteiger partial charge in [0.15, 0.2) is 6.61 Å². The van der Waals surface area contributed by atoms with Crippen molar-refractivity contribution in [3.63, 3.8) is 0 Å². The molecule has 0 heterocycles. The van der Waals surface area contributed by atoms with E-state index in [1.54, 1.807) is 12.1 Å². The number of hydrogen-bond acceptors (Lipinski definition) is 5. The molecule has 0 fully saturated rings. The molecule has 0 saturated carbocycles. The summed E-state index contributed by atoms with van der Waals surface area (Å²) in [5.41, 5.74) is 6.08. The van der Waals surface area contributed by atoms with E-state index in [2.05, 4.69) is 10.5 Å². The fourth-order valence-corrected chi connectivity index (χ4v) is 2.43. The molecule has 130 valence electrons. The summed E-state index contributed by atoms with van der Waals surface area (Å²) >= 11 is 0. The van der Waals surface area contributed by atoms with Gasteiger partial charge in [0, 0.05) is 12.1 Å². The van der Waals surface area contributed by atoms with E-state index in [1.165, 1.54) is 18.3 Å². The van der Waals surface area contributed by atoms with Gasteiger partial charge >= 0.3 is 0 Å². The topological polar surface area (TPSA) is 93.8 Å². The lowest BCUT2D eigenvalue weighted by atomic mass is 10.1. The van der Waals surface area contributed by atoms with Crippen molar-refractivity contribution in [2.75, 3.05) is 6.61 Å². The smallest absolute Gasteiger partial charge is 0.277 e. The molecule has 0 aromatic heterocycles. The first-order valence-corrected chi connectivity index (χ1v) is 7.64. The number of nitro benzene ring substituents is 1. The van der Waals surface area contributed by atoms with Gasteiger partial charge in [0.1, 0.15) is 5.75 Å². The molecule has 7 heteroatoms. The van der Waals surface area contributed by atoms with Crippen molar-refractivity contribution >= 4 is 17.8 Å². The summed E-state index contributed by atoms with van der Waals surface area (Å²) in [5, 5.41) is 14.4. The predicted molar refractivity (Wildman–Crippen MR) is 95.0 cm³/mol. The van der Waals surface area contributed by atoms with Crippen molar-refractivity contribution in [3.8, 4) is 5.75 Å². The molecule has 0 aliphatic carbocycles. The fraction of sp³-hybridized carbons (Fsp3) is 0.222. The molecule has 1 N–H and O–H groups in total. The van der Waals surface area contributed by atoms with Crippen LogP contribution in [0.3, 0.4) is 0 Å². The summed E-state index contributed by atoms with van der Waals surface area (Å²) in [7, 11) is 0. The molecule has 2 aromatic rings. The van der Waals surface area contributed by atoms with Gasteiger partial charge in [-0.25, -0.2) is 5.43 Å². The van der Waals surface area contributed by atoms with Crippen molar-refractivity contribution in [2.24, 2.45) is 5.10 Å². The third kappa shape index (κ3) is 5.13. The van der Waals surface area contributed by atoms with Crippen LogP contribution in [0.4, 0.5) is 5.69 Å². The van der Waals surface area contributed by atoms with E-state index in [4.69, 9.17) is 4.74 Å². The van der Waals surface area contributed by atoms with Gasteiger partial charge in [0.25, 0.3) is 11.6 Å². The first kappa shape index (κ1) is 18.1. The Morgan fingerprint density at radius 3 is 2.36 bits per heavy atom. The van der Waals surface area contributed by atoms with Crippen LogP contribution in [0.1, 0.15) is 22.3 Å². The molecule has 0 aliphatic heterocycles. The second-order valence-corrected chi connectivity index (χ2v) is 5.66. The minimum absolute atomic E-state index is 0.00146. The third-order valence-corrected chi connectivity index (χ3v) is 3.46. The van der Waals surface area contributed by atoms with Gasteiger partial charge in [0.2, 0.25) is 0 Å². The van der Waals surface area contributed by atoms with Crippen molar-refractivity contribution in [1.29, 1.82) is 0 Å². The molecule has 7 nitrogen and oxygen atoms in total. The highest BCUT2D eigenvalue weighted by Crippen LogP contribution is 2.24. The highest BCUT2D eigenvalue weighted by atomic mass is 16.6. The Morgan fingerprint density at radius 1 is 1.20 bits per heavy atom. The van der Waals surface area contributed by atoms with Gasteiger partial charge in [-0.05, 0) is 49.6 Å². The van der Waals surface area contributed by atoms with Gasteiger partial charge in [-0.2, -0.15) is 5.10 Å². The largest absolute Gasteiger partial charge is 0.483 e. The number of carbonyl (C=O) groups excluding carboxylic acids is 1. The zero-order chi connectivity index (χ0) is 18.4. The average Bonchev–Trinajstić information content (AvgIpc) is 2.54. The van der Waals surface area contributed by atoms with E-state index in [0.29, 0.717) is 11.3 Å². The maximum atomic E-state index is 11.8. The standard InChI is InChI=1S/C18H19N3O4/c1-12-8-13(2)18(14(3)9-12)25-11-17(22)20-19-10-15-4-6-16(7-5-15)21(23)24/h4-10H,11H2,1-3H3,(H,20,22)/b19-10+. The molecule has 0 unspecified atom stereocenters. The van der Waals surface area contributed by atoms with Crippen LogP contribution in [-0.2, 0) is 4.79 Å². The predicted octanol–water partition coefficient (Wildman–Crippen LogP) is 3.05. The number of hydrogen-bond donors (Lipinski definition) is 1. The summed E-state index contributed by atoms with van der Waals surface area (Å²) in [6.07, 6.45) is 1.41. The van der Waals surface area contributed by atoms with E-state index in [0.717, 1.165) is 16.7 Å². The Balaban J connectivity index is 1.87. The zero-order valence-corrected chi connectivity index (χ0v) is 14.3. The Bertz CT molecular complexity index is 791. The Kier molecular flexibility index (Phi) is 5.84. The van der Waals surface area contributed by atoms with Crippen molar-refractivity contribution in [3.05, 3.63) is 68.8 Å². The summed E-state index contributed by atoms with van der Waals surface area (Å²) in [6.45, 7) is 5.71. The molecule has 2 rings (SSSR count). The van der Waals surface area contributed by atoms with Crippen LogP contribution in [0.2, 0.25) is 0 Å². The molecule has 0 aliphatic rings. The lowest BCUT2D eigenvalue weighted by molar-refractivity contribution is -0.384. The van der Waals surface area contributed by atoms with Gasteiger partial charge in [-0.15, -0.1) is 0 Å². The van der Waals surface area contributed by atoms with Crippen LogP contribution >= 0.6 is 0 Å². The number of carbonyl (C=O) groups is 1. The minimum atomic E-state index is -0.477. The molecular weight excluding hydrogens is 322 g/mol. The van der Waals surface area contributed by atoms with E-state index < -0.39 is 10.8 Å². The highest BCUT2D eigenvalue weighted by Gasteiger charge is 2.08. The lowest BCUT2D eigenvalue weighted by Gasteiger charge is -2.12. The molecule has 2 aromatic carbocycles. The molecule has 0 spiro atoms. The first-order chi connectivity index (χ1) is 11.9. The first-order valence-electron chi connectivity index (χ1n) is 7.64. The second-order valence-electron chi connectivity index (χ2n) is 5.66. The number of nitrogens with zero attached hydrogens (tertiary/aromatic N) is 2. The maximum absolute atomic E-state index is 11.8. The van der Waals surface area contributed by atoms with Crippen LogP contribution in [0.5, 0.6) is 5.75 Å². The summed E-state index contributed by atoms with van der Waals surface area (Å²) in [6, 6.07) is 9.82. The van der Waals surface area contributed by atoms with Gasteiger partial charge in [0.05, 0.1) is 11.1 Å². The van der Waals surface area contributed by atoms with Crippen LogP contribution in [0.15, 0.2) is 41.5 Å². The number of amides is 1. The highest BCUT2D eigenvalue weighted by molar-refractivity contribution is 5.83. The number of nitro groups is 1. The summed E-state index contributed by atoms with van der Waals surface area (Å²) in [5.74, 6) is 0.303. The quantitative estimate of drug-likeness (QED) is 0.496. The SMILES string of the molecule is Cc1cc(C)c(OCC(=O)N/N=C/c2ccc([N+](=O)[O-])cc2)c(C)c1. The van der Waals surface area contributed by atoms with E-state index >= 15 is 0 Å². The number of nitrogens with one attached hydrogen (secondary N) is 1. The maximum Gasteiger partial charge on any atom is 0.277 e. The normalized spacial score (nSPS) is 10.7. The Morgan fingerprint density at radius 2 is 1.80 bits per heavy atom. The van der Waals surface area contributed by atoms with Crippen LogP contribution in [0.25, 0.3) is 0 Å². The molecule has 0 saturated heterocycles. The van der Waals surface area contributed by atoms with Crippen LogP contribution < -0.4 is 10.2 Å². The molecule has 0 radical (unpaired) electrons. The number of hydrazone groups is 1. The third-order valence-electron chi connectivity index (χ3n) is 3.46. The second kappa shape index (κ2) is 8.05. The number of non-ortho nitro benzene ring substituents is 1. The van der Waals surface area contributed by atoms with Gasteiger partial charge in [-0.1, -0.05) is 17.7 Å². The van der Waals surface area contributed by atoms with Crippen molar-refractivity contribution in [1.82, 2.24) is 5.43 Å². The van der Waals surface area contributed by atoms with Crippen molar-refractivity contribution in [2.45, 2.75) is 20.8 Å². The Labute approximate surface area is 145 Å². The lowest BCUT2D eigenvalue weighted by Crippen LogP contribution is -2.25. The number of ether oxygens (including phenoxy) is 1. The monoisotopic (exact) mass is 341 g/mol. The summed E-state index contributed by atoms with van der Waals surface area (Å²) < 4.78 is 5.57. The van der Waals surface area contributed by atoms with E-state index in [1.807, 2.05) is 32.9 Å². The van der Waals surface area contributed by atoms with Gasteiger partial charge in [-0.3, -0.25) is 14.9 Å². The van der Waals surface area contributed by atoms with Crippen LogP contribution in [0, 0.1) is 30.9 Å². The minimum Gasteiger partial charge on any atom is -0.483 e. The number of aryl methyl sites for hydroxylation is 3. The van der Waals surface area contributed by atoms with Gasteiger partial charge < -0.3 is 4.74 Å². The Hall–Kier alpha value is -3.22. The molecule has 0 atom stereocenters. The summed E-state index contributed by atoms with van der Waals surface area (Å²) in [4.78, 5) is 21.9.